The smallest absolute Gasteiger partial charge is 0.124 e. The zero-order valence-corrected chi connectivity index (χ0v) is 12.7. The van der Waals surface area contributed by atoms with Crippen molar-refractivity contribution in [1.29, 1.82) is 0 Å². The predicted octanol–water partition coefficient (Wildman–Crippen LogP) is 5.07. The van der Waals surface area contributed by atoms with Crippen LogP contribution >= 0.6 is 11.3 Å². The van der Waals surface area contributed by atoms with E-state index in [4.69, 9.17) is 0 Å². The Morgan fingerprint density at radius 1 is 1.10 bits per heavy atom. The van der Waals surface area contributed by atoms with Crippen LogP contribution in [-0.4, -0.2) is 5.11 Å². The molecule has 0 radical (unpaired) electrons. The third kappa shape index (κ3) is 2.99. The Labute approximate surface area is 127 Å². The molecule has 0 spiro atoms. The van der Waals surface area contributed by atoms with Gasteiger partial charge in [-0.1, -0.05) is 43.7 Å². The Morgan fingerprint density at radius 2 is 1.86 bits per heavy atom. The average molecular weight is 300 g/mol. The number of benzene rings is 2. The highest BCUT2D eigenvalue weighted by molar-refractivity contribution is 7.19. The number of hydrogen-bond acceptors (Lipinski definition) is 2. The summed E-state index contributed by atoms with van der Waals surface area (Å²) in [6.07, 6.45) is 1.52. The van der Waals surface area contributed by atoms with Crippen molar-refractivity contribution in [2.75, 3.05) is 0 Å². The van der Waals surface area contributed by atoms with Crippen molar-refractivity contribution in [3.63, 3.8) is 0 Å². The summed E-state index contributed by atoms with van der Waals surface area (Å²) in [6, 6.07) is 14.7. The van der Waals surface area contributed by atoms with E-state index in [0.717, 1.165) is 33.4 Å². The molecule has 0 aliphatic carbocycles. The van der Waals surface area contributed by atoms with Gasteiger partial charge >= 0.3 is 0 Å². The normalized spacial score (nSPS) is 12.7. The molecule has 1 aromatic heterocycles. The average Bonchev–Trinajstić information content (AvgIpc) is 2.90. The van der Waals surface area contributed by atoms with E-state index in [1.165, 1.54) is 29.0 Å². The lowest BCUT2D eigenvalue weighted by molar-refractivity contribution is 0.224. The van der Waals surface area contributed by atoms with E-state index in [2.05, 4.69) is 19.1 Å². The SMILES string of the molecule is CCCc1ccc(C(O)c2cc3ccc(F)cc3s2)cc1. The molecule has 3 aromatic rings. The van der Waals surface area contributed by atoms with Gasteiger partial charge in [0.25, 0.3) is 0 Å². The van der Waals surface area contributed by atoms with Gasteiger partial charge in [-0.05, 0) is 41.1 Å². The molecule has 0 aliphatic heterocycles. The second-order valence-electron chi connectivity index (χ2n) is 5.23. The molecule has 0 amide bonds. The first kappa shape index (κ1) is 14.2. The number of fused-ring (bicyclic) bond motifs is 1. The molecule has 0 fully saturated rings. The van der Waals surface area contributed by atoms with Crippen LogP contribution in [0.2, 0.25) is 0 Å². The van der Waals surface area contributed by atoms with Crippen LogP contribution in [0.25, 0.3) is 10.1 Å². The van der Waals surface area contributed by atoms with Gasteiger partial charge in [0, 0.05) is 9.58 Å². The van der Waals surface area contributed by atoms with E-state index in [9.17, 15) is 9.50 Å². The van der Waals surface area contributed by atoms with Crippen LogP contribution < -0.4 is 0 Å². The van der Waals surface area contributed by atoms with E-state index in [1.807, 2.05) is 18.2 Å². The molecular weight excluding hydrogens is 283 g/mol. The summed E-state index contributed by atoms with van der Waals surface area (Å²) in [5.74, 6) is -0.241. The van der Waals surface area contributed by atoms with Gasteiger partial charge in [-0.25, -0.2) is 4.39 Å². The van der Waals surface area contributed by atoms with Crippen molar-refractivity contribution in [3.05, 3.63) is 70.4 Å². The van der Waals surface area contributed by atoms with Crippen molar-refractivity contribution >= 4 is 21.4 Å². The standard InChI is InChI=1S/C18H17FOS/c1-2-3-12-4-6-13(7-5-12)18(20)17-10-14-8-9-15(19)11-16(14)21-17/h4-11,18,20H,2-3H2,1H3. The zero-order chi connectivity index (χ0) is 14.8. The summed E-state index contributed by atoms with van der Waals surface area (Å²) in [4.78, 5) is 0.846. The molecule has 2 aromatic carbocycles. The van der Waals surface area contributed by atoms with Gasteiger partial charge in [-0.2, -0.15) is 0 Å². The monoisotopic (exact) mass is 300 g/mol. The maximum atomic E-state index is 13.2. The molecule has 1 nitrogen and oxygen atoms in total. The van der Waals surface area contributed by atoms with E-state index in [-0.39, 0.29) is 5.82 Å². The van der Waals surface area contributed by atoms with Crippen molar-refractivity contribution in [3.8, 4) is 0 Å². The van der Waals surface area contributed by atoms with Crippen molar-refractivity contribution < 1.29 is 9.50 Å². The lowest BCUT2D eigenvalue weighted by atomic mass is 10.0. The molecule has 1 heterocycles. The quantitative estimate of drug-likeness (QED) is 0.713. The Morgan fingerprint density at radius 3 is 2.57 bits per heavy atom. The van der Waals surface area contributed by atoms with Gasteiger partial charge in [-0.15, -0.1) is 11.3 Å². The molecule has 0 saturated carbocycles. The minimum absolute atomic E-state index is 0.241. The van der Waals surface area contributed by atoms with Gasteiger partial charge in [0.05, 0.1) is 0 Å². The zero-order valence-electron chi connectivity index (χ0n) is 11.8. The number of halogens is 1. The van der Waals surface area contributed by atoms with E-state index >= 15 is 0 Å². The van der Waals surface area contributed by atoms with Crippen LogP contribution in [0.5, 0.6) is 0 Å². The van der Waals surface area contributed by atoms with Crippen molar-refractivity contribution in [1.82, 2.24) is 0 Å². The molecule has 1 N–H and O–H groups in total. The molecule has 3 heteroatoms. The molecule has 0 aliphatic rings. The minimum atomic E-state index is -0.652. The first-order chi connectivity index (χ1) is 10.2. The minimum Gasteiger partial charge on any atom is -0.383 e. The first-order valence-electron chi connectivity index (χ1n) is 7.13. The Hall–Kier alpha value is -1.71. The van der Waals surface area contributed by atoms with Crippen molar-refractivity contribution in [2.24, 2.45) is 0 Å². The second kappa shape index (κ2) is 5.96. The molecular formula is C18H17FOS. The predicted molar refractivity (Wildman–Crippen MR) is 86.3 cm³/mol. The fourth-order valence-electron chi connectivity index (χ4n) is 2.48. The first-order valence-corrected chi connectivity index (χ1v) is 7.95. The molecule has 3 rings (SSSR count). The highest BCUT2D eigenvalue weighted by atomic mass is 32.1. The van der Waals surface area contributed by atoms with Crippen LogP contribution in [0, 0.1) is 5.82 Å². The molecule has 0 saturated heterocycles. The fraction of sp³-hybridized carbons (Fsp3) is 0.222. The molecule has 21 heavy (non-hydrogen) atoms. The van der Waals surface area contributed by atoms with Crippen LogP contribution in [0.15, 0.2) is 48.5 Å². The van der Waals surface area contributed by atoms with Gasteiger partial charge in [-0.3, -0.25) is 0 Å². The second-order valence-corrected chi connectivity index (χ2v) is 6.34. The van der Waals surface area contributed by atoms with Gasteiger partial charge in [0.1, 0.15) is 11.9 Å². The summed E-state index contributed by atoms with van der Waals surface area (Å²) < 4.78 is 14.1. The molecule has 1 unspecified atom stereocenters. The summed E-state index contributed by atoms with van der Waals surface area (Å²) in [6.45, 7) is 2.15. The number of rotatable bonds is 4. The Bertz CT molecular complexity index is 746. The Kier molecular flexibility index (Phi) is 4.04. The van der Waals surface area contributed by atoms with Gasteiger partial charge in [0.15, 0.2) is 0 Å². The Balaban J connectivity index is 1.90. The lowest BCUT2D eigenvalue weighted by Gasteiger charge is -2.09. The largest absolute Gasteiger partial charge is 0.383 e. The number of aliphatic hydroxyl groups excluding tert-OH is 1. The van der Waals surface area contributed by atoms with E-state index < -0.39 is 6.10 Å². The van der Waals surface area contributed by atoms with Crippen LogP contribution in [0.1, 0.15) is 35.5 Å². The van der Waals surface area contributed by atoms with Crippen molar-refractivity contribution in [2.45, 2.75) is 25.9 Å². The molecule has 1 atom stereocenters. The van der Waals surface area contributed by atoms with Crippen LogP contribution in [0.3, 0.4) is 0 Å². The number of aliphatic hydroxyl groups is 1. The number of thiophene rings is 1. The number of aryl methyl sites for hydroxylation is 1. The van der Waals surface area contributed by atoms with E-state index in [0.29, 0.717) is 0 Å². The highest BCUT2D eigenvalue weighted by Crippen LogP contribution is 2.33. The highest BCUT2D eigenvalue weighted by Gasteiger charge is 2.14. The van der Waals surface area contributed by atoms with Gasteiger partial charge in [0.2, 0.25) is 0 Å². The summed E-state index contributed by atoms with van der Waals surface area (Å²) in [7, 11) is 0. The maximum absolute atomic E-state index is 13.2. The van der Waals surface area contributed by atoms with Gasteiger partial charge < -0.3 is 5.11 Å². The summed E-state index contributed by atoms with van der Waals surface area (Å²) >= 11 is 1.44. The molecule has 0 bridgehead atoms. The third-order valence-electron chi connectivity index (χ3n) is 3.60. The lowest BCUT2D eigenvalue weighted by Crippen LogP contribution is -1.97. The van der Waals surface area contributed by atoms with Crippen LogP contribution in [-0.2, 0) is 6.42 Å². The maximum Gasteiger partial charge on any atom is 0.124 e. The summed E-state index contributed by atoms with van der Waals surface area (Å²) in [5.41, 5.74) is 2.16. The molecule has 108 valence electrons. The topological polar surface area (TPSA) is 20.2 Å². The van der Waals surface area contributed by atoms with E-state index in [1.54, 1.807) is 6.07 Å². The fourth-order valence-corrected chi connectivity index (χ4v) is 3.58. The number of hydrogen-bond donors (Lipinski definition) is 1. The third-order valence-corrected chi connectivity index (χ3v) is 4.76. The van der Waals surface area contributed by atoms with Crippen LogP contribution in [0.4, 0.5) is 4.39 Å². The summed E-state index contributed by atoms with van der Waals surface area (Å²) in [5, 5.41) is 11.5.